The smallest absolute Gasteiger partial charge is 0.136 e. The van der Waals surface area contributed by atoms with Crippen LogP contribution in [0.3, 0.4) is 0 Å². The average Bonchev–Trinajstić information content (AvgIpc) is 2.98. The Hall–Kier alpha value is -1.39. The molecular weight excluding hydrogens is 238 g/mol. The molecule has 0 aliphatic carbocycles. The van der Waals surface area contributed by atoms with Gasteiger partial charge in [0.25, 0.3) is 0 Å². The lowest BCUT2D eigenvalue weighted by Crippen LogP contribution is -2.24. The molecule has 0 amide bonds. The standard InChI is InChI=1S/C15H21N3O/c1-11-3-4-15-16-7-14(18(15)8-11)10-17-6-5-13(9-17)12(2)19/h3-4,7-8,12-13,19H,5-6,9-10H2,1-2H3. The number of aliphatic hydroxyl groups is 1. The molecule has 0 radical (unpaired) electrons. The molecule has 19 heavy (non-hydrogen) atoms. The lowest BCUT2D eigenvalue weighted by Gasteiger charge is -2.17. The monoisotopic (exact) mass is 259 g/mol. The molecule has 1 aliphatic heterocycles. The summed E-state index contributed by atoms with van der Waals surface area (Å²) in [4.78, 5) is 6.85. The van der Waals surface area contributed by atoms with Gasteiger partial charge in [-0.05, 0) is 44.4 Å². The summed E-state index contributed by atoms with van der Waals surface area (Å²) >= 11 is 0. The quantitative estimate of drug-likeness (QED) is 0.914. The highest BCUT2D eigenvalue weighted by Crippen LogP contribution is 2.21. The topological polar surface area (TPSA) is 40.8 Å². The van der Waals surface area contributed by atoms with E-state index in [1.807, 2.05) is 13.1 Å². The molecule has 0 aromatic carbocycles. The lowest BCUT2D eigenvalue weighted by molar-refractivity contribution is 0.127. The van der Waals surface area contributed by atoms with E-state index in [0.717, 1.165) is 31.7 Å². The van der Waals surface area contributed by atoms with E-state index >= 15 is 0 Å². The Kier molecular flexibility index (Phi) is 3.29. The average molecular weight is 259 g/mol. The number of hydrogen-bond acceptors (Lipinski definition) is 3. The molecular formula is C15H21N3O. The highest BCUT2D eigenvalue weighted by Gasteiger charge is 2.26. The molecule has 2 atom stereocenters. The van der Waals surface area contributed by atoms with E-state index in [1.54, 1.807) is 0 Å². The van der Waals surface area contributed by atoms with E-state index in [-0.39, 0.29) is 6.10 Å². The van der Waals surface area contributed by atoms with Gasteiger partial charge in [-0.15, -0.1) is 0 Å². The van der Waals surface area contributed by atoms with Gasteiger partial charge in [-0.2, -0.15) is 0 Å². The number of aryl methyl sites for hydroxylation is 1. The van der Waals surface area contributed by atoms with Crippen molar-refractivity contribution in [3.8, 4) is 0 Å². The second kappa shape index (κ2) is 4.94. The summed E-state index contributed by atoms with van der Waals surface area (Å²) in [6, 6.07) is 4.15. The zero-order valence-corrected chi connectivity index (χ0v) is 11.6. The predicted molar refractivity (Wildman–Crippen MR) is 75.0 cm³/mol. The van der Waals surface area contributed by atoms with E-state index in [1.165, 1.54) is 11.3 Å². The van der Waals surface area contributed by atoms with Crippen LogP contribution < -0.4 is 0 Å². The van der Waals surface area contributed by atoms with Crippen molar-refractivity contribution in [3.63, 3.8) is 0 Å². The van der Waals surface area contributed by atoms with E-state index in [9.17, 15) is 5.11 Å². The molecule has 2 unspecified atom stereocenters. The van der Waals surface area contributed by atoms with Crippen molar-refractivity contribution in [2.75, 3.05) is 13.1 Å². The maximum absolute atomic E-state index is 9.66. The number of hydrogen-bond donors (Lipinski definition) is 1. The molecule has 1 aliphatic rings. The fraction of sp³-hybridized carbons (Fsp3) is 0.533. The van der Waals surface area contributed by atoms with Gasteiger partial charge in [-0.25, -0.2) is 4.98 Å². The third-order valence-electron chi connectivity index (χ3n) is 4.11. The Morgan fingerprint density at radius 2 is 2.32 bits per heavy atom. The van der Waals surface area contributed by atoms with Crippen molar-refractivity contribution in [2.45, 2.75) is 32.9 Å². The Morgan fingerprint density at radius 1 is 1.47 bits per heavy atom. The third kappa shape index (κ3) is 2.51. The molecule has 3 rings (SSSR count). The number of aliphatic hydroxyl groups excluding tert-OH is 1. The number of pyridine rings is 1. The molecule has 3 heterocycles. The first-order valence-electron chi connectivity index (χ1n) is 6.96. The molecule has 4 heteroatoms. The lowest BCUT2D eigenvalue weighted by atomic mass is 10.0. The van der Waals surface area contributed by atoms with Gasteiger partial charge in [-0.3, -0.25) is 4.90 Å². The molecule has 102 valence electrons. The molecule has 1 N–H and O–H groups in total. The van der Waals surface area contributed by atoms with Gasteiger partial charge in [0.1, 0.15) is 5.65 Å². The molecule has 0 saturated carbocycles. The van der Waals surface area contributed by atoms with Crippen molar-refractivity contribution < 1.29 is 5.11 Å². The van der Waals surface area contributed by atoms with Crippen LogP contribution in [-0.2, 0) is 6.54 Å². The van der Waals surface area contributed by atoms with Crippen molar-refractivity contribution in [1.82, 2.24) is 14.3 Å². The zero-order chi connectivity index (χ0) is 13.4. The number of fused-ring (bicyclic) bond motifs is 1. The first kappa shape index (κ1) is 12.6. The Labute approximate surface area is 113 Å². The normalized spacial score (nSPS) is 22.2. The third-order valence-corrected chi connectivity index (χ3v) is 4.11. The highest BCUT2D eigenvalue weighted by atomic mass is 16.3. The van der Waals surface area contributed by atoms with Gasteiger partial charge in [0, 0.05) is 19.3 Å². The number of rotatable bonds is 3. The molecule has 1 fully saturated rings. The maximum Gasteiger partial charge on any atom is 0.136 e. The van der Waals surface area contributed by atoms with Crippen LogP contribution in [0.4, 0.5) is 0 Å². The number of imidazole rings is 1. The first-order chi connectivity index (χ1) is 9.13. The minimum Gasteiger partial charge on any atom is -0.393 e. The van der Waals surface area contributed by atoms with Crippen LogP contribution >= 0.6 is 0 Å². The van der Waals surface area contributed by atoms with Crippen LogP contribution in [0.5, 0.6) is 0 Å². The van der Waals surface area contributed by atoms with E-state index in [2.05, 4.69) is 39.5 Å². The van der Waals surface area contributed by atoms with Crippen LogP contribution in [0, 0.1) is 12.8 Å². The fourth-order valence-electron chi connectivity index (χ4n) is 2.88. The van der Waals surface area contributed by atoms with Crippen molar-refractivity contribution in [3.05, 3.63) is 35.8 Å². The Bertz CT molecular complexity index is 576. The molecule has 2 aromatic heterocycles. The summed E-state index contributed by atoms with van der Waals surface area (Å²) in [5, 5.41) is 9.66. The molecule has 4 nitrogen and oxygen atoms in total. The predicted octanol–water partition coefficient (Wildman–Crippen LogP) is 1.85. The highest BCUT2D eigenvalue weighted by molar-refractivity contribution is 5.41. The second-order valence-corrected chi connectivity index (χ2v) is 5.71. The van der Waals surface area contributed by atoms with Gasteiger partial charge < -0.3 is 9.51 Å². The van der Waals surface area contributed by atoms with Gasteiger partial charge >= 0.3 is 0 Å². The van der Waals surface area contributed by atoms with Crippen molar-refractivity contribution in [1.29, 1.82) is 0 Å². The van der Waals surface area contributed by atoms with E-state index < -0.39 is 0 Å². The molecule has 1 saturated heterocycles. The summed E-state index contributed by atoms with van der Waals surface area (Å²) in [6.45, 7) is 6.95. The summed E-state index contributed by atoms with van der Waals surface area (Å²) in [6.07, 6.45) is 4.99. The molecule has 0 spiro atoms. The minimum atomic E-state index is -0.200. The molecule has 2 aromatic rings. The fourth-order valence-corrected chi connectivity index (χ4v) is 2.88. The first-order valence-corrected chi connectivity index (χ1v) is 6.96. The van der Waals surface area contributed by atoms with Gasteiger partial charge in [-0.1, -0.05) is 6.07 Å². The largest absolute Gasteiger partial charge is 0.393 e. The minimum absolute atomic E-state index is 0.200. The summed E-state index contributed by atoms with van der Waals surface area (Å²) < 4.78 is 2.17. The van der Waals surface area contributed by atoms with Crippen molar-refractivity contribution in [2.24, 2.45) is 5.92 Å². The van der Waals surface area contributed by atoms with Gasteiger partial charge in [0.05, 0.1) is 18.0 Å². The Balaban J connectivity index is 1.77. The zero-order valence-electron chi connectivity index (χ0n) is 11.6. The summed E-state index contributed by atoms with van der Waals surface area (Å²) in [5.41, 5.74) is 3.48. The van der Waals surface area contributed by atoms with E-state index in [0.29, 0.717) is 5.92 Å². The van der Waals surface area contributed by atoms with Crippen LogP contribution in [-0.4, -0.2) is 38.6 Å². The Morgan fingerprint density at radius 3 is 3.05 bits per heavy atom. The van der Waals surface area contributed by atoms with Crippen LogP contribution in [0.1, 0.15) is 24.6 Å². The van der Waals surface area contributed by atoms with E-state index in [4.69, 9.17) is 0 Å². The maximum atomic E-state index is 9.66. The second-order valence-electron chi connectivity index (χ2n) is 5.71. The number of aromatic nitrogens is 2. The van der Waals surface area contributed by atoms with Crippen molar-refractivity contribution >= 4 is 5.65 Å². The SMILES string of the molecule is Cc1ccc2ncc(CN3CCC(C(C)O)C3)n2c1. The van der Waals surface area contributed by atoms with Crippen LogP contribution in [0.15, 0.2) is 24.5 Å². The van der Waals surface area contributed by atoms with Crippen LogP contribution in [0.2, 0.25) is 0 Å². The molecule has 0 bridgehead atoms. The summed E-state index contributed by atoms with van der Waals surface area (Å²) in [5.74, 6) is 0.418. The van der Waals surface area contributed by atoms with Gasteiger partial charge in [0.15, 0.2) is 0 Å². The number of likely N-dealkylation sites (tertiary alicyclic amines) is 1. The number of nitrogens with zero attached hydrogens (tertiary/aromatic N) is 3. The van der Waals surface area contributed by atoms with Gasteiger partial charge in [0.2, 0.25) is 0 Å². The van der Waals surface area contributed by atoms with Crippen LogP contribution in [0.25, 0.3) is 5.65 Å². The summed E-state index contributed by atoms with van der Waals surface area (Å²) in [7, 11) is 0.